The first-order chi connectivity index (χ1) is 11.0. The summed E-state index contributed by atoms with van der Waals surface area (Å²) in [7, 11) is 0. The molecular formula is C18H20ClN3O. The molecule has 0 atom stereocenters. The van der Waals surface area contributed by atoms with Crippen molar-refractivity contribution in [1.82, 2.24) is 9.88 Å². The van der Waals surface area contributed by atoms with Crippen LogP contribution in [0.2, 0.25) is 5.15 Å². The van der Waals surface area contributed by atoms with Crippen molar-refractivity contribution in [3.8, 4) is 6.07 Å². The van der Waals surface area contributed by atoms with Crippen molar-refractivity contribution in [2.24, 2.45) is 5.41 Å². The van der Waals surface area contributed by atoms with Gasteiger partial charge in [-0.1, -0.05) is 11.6 Å². The zero-order valence-electron chi connectivity index (χ0n) is 13.5. The first-order valence-corrected chi connectivity index (χ1v) is 8.36. The highest BCUT2D eigenvalue weighted by atomic mass is 35.5. The van der Waals surface area contributed by atoms with Crippen LogP contribution in [-0.2, 0) is 4.79 Å². The number of Topliss-reactive ketones (excluding diaryl/α,β-unsaturated/α-hetero) is 1. The summed E-state index contributed by atoms with van der Waals surface area (Å²) in [5, 5.41) is 9.90. The molecule has 0 radical (unpaired) electrons. The van der Waals surface area contributed by atoms with Gasteiger partial charge in [0, 0.05) is 24.8 Å². The summed E-state index contributed by atoms with van der Waals surface area (Å²) in [5.74, 6) is -0.207. The molecule has 0 N–H and O–H groups in total. The van der Waals surface area contributed by atoms with Crippen LogP contribution in [-0.4, -0.2) is 28.8 Å². The number of halogens is 1. The maximum atomic E-state index is 12.0. The van der Waals surface area contributed by atoms with Gasteiger partial charge in [-0.25, -0.2) is 4.98 Å². The number of likely N-dealkylation sites (tertiary alicyclic amines) is 1. The number of pyridine rings is 1. The minimum absolute atomic E-state index is 0.207. The van der Waals surface area contributed by atoms with E-state index >= 15 is 0 Å². The standard InChI is InChI=1S/C18H20ClN3O/c1-12-11-21-16(19)9-14(12)17(15(10-20)13(2)23)22-7-5-18(3-4-18)6-8-22/h9,11H,3-8H2,1-2H3/b17-15+. The molecule has 0 amide bonds. The second-order valence-corrected chi connectivity index (χ2v) is 7.09. The van der Waals surface area contributed by atoms with E-state index in [0.29, 0.717) is 10.6 Å². The van der Waals surface area contributed by atoms with E-state index in [1.807, 2.05) is 6.92 Å². The molecule has 1 saturated heterocycles. The summed E-state index contributed by atoms with van der Waals surface area (Å²) in [6.45, 7) is 5.14. The van der Waals surface area contributed by atoms with E-state index in [1.54, 1.807) is 12.3 Å². The Labute approximate surface area is 141 Å². The Hall–Kier alpha value is -1.86. The van der Waals surface area contributed by atoms with Gasteiger partial charge in [-0.2, -0.15) is 5.26 Å². The lowest BCUT2D eigenvalue weighted by Gasteiger charge is -2.36. The molecule has 3 rings (SSSR count). The predicted molar refractivity (Wildman–Crippen MR) is 89.7 cm³/mol. The molecular weight excluding hydrogens is 310 g/mol. The van der Waals surface area contributed by atoms with Crippen LogP contribution in [0.15, 0.2) is 17.8 Å². The number of nitriles is 1. The number of hydrogen-bond acceptors (Lipinski definition) is 4. The molecule has 1 spiro atoms. The van der Waals surface area contributed by atoms with E-state index in [0.717, 1.165) is 42.8 Å². The first kappa shape index (κ1) is 16.0. The van der Waals surface area contributed by atoms with E-state index in [-0.39, 0.29) is 11.4 Å². The monoisotopic (exact) mass is 329 g/mol. The van der Waals surface area contributed by atoms with Crippen LogP contribution >= 0.6 is 11.6 Å². The van der Waals surface area contributed by atoms with Crippen LogP contribution in [0.25, 0.3) is 5.70 Å². The number of carbonyl (C=O) groups is 1. The minimum Gasteiger partial charge on any atom is -0.370 e. The van der Waals surface area contributed by atoms with Crippen molar-refractivity contribution in [2.75, 3.05) is 13.1 Å². The molecule has 0 bridgehead atoms. The Morgan fingerprint density at radius 1 is 1.35 bits per heavy atom. The van der Waals surface area contributed by atoms with Gasteiger partial charge in [-0.3, -0.25) is 4.79 Å². The molecule has 5 heteroatoms. The second-order valence-electron chi connectivity index (χ2n) is 6.70. The Morgan fingerprint density at radius 2 is 2.00 bits per heavy atom. The highest BCUT2D eigenvalue weighted by molar-refractivity contribution is 6.29. The molecule has 1 saturated carbocycles. The maximum absolute atomic E-state index is 12.0. The SMILES string of the molecule is CC(=O)/C(C#N)=C(\c1cc(Cl)ncc1C)N1CCC2(CC1)CC2. The van der Waals surface area contributed by atoms with Gasteiger partial charge in [0.2, 0.25) is 0 Å². The topological polar surface area (TPSA) is 57.0 Å². The van der Waals surface area contributed by atoms with E-state index < -0.39 is 0 Å². The highest BCUT2D eigenvalue weighted by Gasteiger charge is 2.45. The molecule has 1 aromatic heterocycles. The van der Waals surface area contributed by atoms with Gasteiger partial charge in [0.1, 0.15) is 16.8 Å². The number of hydrogen-bond donors (Lipinski definition) is 0. The smallest absolute Gasteiger partial charge is 0.172 e. The number of piperidine rings is 1. The summed E-state index contributed by atoms with van der Waals surface area (Å²) >= 11 is 6.06. The van der Waals surface area contributed by atoms with Crippen molar-refractivity contribution in [2.45, 2.75) is 39.5 Å². The van der Waals surface area contributed by atoms with Crippen molar-refractivity contribution >= 4 is 23.1 Å². The average Bonchev–Trinajstić information content (AvgIpc) is 3.28. The van der Waals surface area contributed by atoms with E-state index in [9.17, 15) is 10.1 Å². The van der Waals surface area contributed by atoms with Crippen LogP contribution < -0.4 is 0 Å². The van der Waals surface area contributed by atoms with Crippen LogP contribution in [0.1, 0.15) is 43.7 Å². The van der Waals surface area contributed by atoms with E-state index in [2.05, 4.69) is 16.0 Å². The van der Waals surface area contributed by atoms with Gasteiger partial charge >= 0.3 is 0 Å². The molecule has 0 aromatic carbocycles. The largest absolute Gasteiger partial charge is 0.370 e. The molecule has 1 aromatic rings. The quantitative estimate of drug-likeness (QED) is 0.481. The number of nitrogens with zero attached hydrogens (tertiary/aromatic N) is 3. The summed E-state index contributed by atoms with van der Waals surface area (Å²) in [5.41, 5.74) is 3.23. The van der Waals surface area contributed by atoms with Crippen molar-refractivity contribution in [3.63, 3.8) is 0 Å². The molecule has 1 aliphatic carbocycles. The molecule has 1 aliphatic heterocycles. The molecule has 2 aliphatic rings. The maximum Gasteiger partial charge on any atom is 0.172 e. The Balaban J connectivity index is 2.06. The molecule has 2 fully saturated rings. The molecule has 23 heavy (non-hydrogen) atoms. The lowest BCUT2D eigenvalue weighted by atomic mass is 9.91. The fourth-order valence-electron chi connectivity index (χ4n) is 3.40. The van der Waals surface area contributed by atoms with Crippen molar-refractivity contribution < 1.29 is 4.79 Å². The van der Waals surface area contributed by atoms with Gasteiger partial charge in [-0.15, -0.1) is 0 Å². The number of carbonyl (C=O) groups excluding carboxylic acids is 1. The molecule has 0 unspecified atom stereocenters. The van der Waals surface area contributed by atoms with Gasteiger partial charge < -0.3 is 4.90 Å². The number of aryl methyl sites for hydroxylation is 1. The zero-order chi connectivity index (χ0) is 16.6. The summed E-state index contributed by atoms with van der Waals surface area (Å²) in [6.07, 6.45) is 6.59. The summed E-state index contributed by atoms with van der Waals surface area (Å²) in [6, 6.07) is 3.86. The number of rotatable bonds is 3. The Bertz CT molecular complexity index is 718. The van der Waals surface area contributed by atoms with Crippen LogP contribution in [0.5, 0.6) is 0 Å². The van der Waals surface area contributed by atoms with E-state index in [4.69, 9.17) is 11.6 Å². The lowest BCUT2D eigenvalue weighted by Crippen LogP contribution is -2.34. The fraction of sp³-hybridized carbons (Fsp3) is 0.500. The fourth-order valence-corrected chi connectivity index (χ4v) is 3.55. The van der Waals surface area contributed by atoms with Gasteiger partial charge in [0.05, 0.1) is 5.70 Å². The van der Waals surface area contributed by atoms with Crippen LogP contribution in [0, 0.1) is 23.7 Å². The zero-order valence-corrected chi connectivity index (χ0v) is 14.3. The third-order valence-corrected chi connectivity index (χ3v) is 5.33. The van der Waals surface area contributed by atoms with Crippen molar-refractivity contribution in [1.29, 1.82) is 5.26 Å². The van der Waals surface area contributed by atoms with Crippen LogP contribution in [0.4, 0.5) is 0 Å². The number of allylic oxidation sites excluding steroid dienone is 1. The normalized spacial score (nSPS) is 20.0. The number of ketones is 1. The molecule has 2 heterocycles. The third-order valence-electron chi connectivity index (χ3n) is 5.12. The van der Waals surface area contributed by atoms with Gasteiger partial charge in [0.25, 0.3) is 0 Å². The lowest BCUT2D eigenvalue weighted by molar-refractivity contribution is -0.113. The third kappa shape index (κ3) is 3.11. The van der Waals surface area contributed by atoms with Crippen molar-refractivity contribution in [3.05, 3.63) is 34.1 Å². The van der Waals surface area contributed by atoms with Gasteiger partial charge in [0.15, 0.2) is 5.78 Å². The second kappa shape index (κ2) is 5.98. The van der Waals surface area contributed by atoms with Crippen LogP contribution in [0.3, 0.4) is 0 Å². The Morgan fingerprint density at radius 3 is 2.52 bits per heavy atom. The predicted octanol–water partition coefficient (Wildman–Crippen LogP) is 3.74. The number of aromatic nitrogens is 1. The van der Waals surface area contributed by atoms with E-state index in [1.165, 1.54) is 19.8 Å². The summed E-state index contributed by atoms with van der Waals surface area (Å²) < 4.78 is 0. The average molecular weight is 330 g/mol. The Kier molecular flexibility index (Phi) is 4.16. The first-order valence-electron chi connectivity index (χ1n) is 7.98. The molecule has 120 valence electrons. The minimum atomic E-state index is -0.207. The highest BCUT2D eigenvalue weighted by Crippen LogP contribution is 2.54. The van der Waals surface area contributed by atoms with Gasteiger partial charge in [-0.05, 0) is 56.6 Å². The summed E-state index contributed by atoms with van der Waals surface area (Å²) in [4.78, 5) is 18.3. The molecule has 4 nitrogen and oxygen atoms in total.